The smallest absolute Gasteiger partial charge is 0.236 e. The standard InChI is InChI=1S/C13H19BrN2O/c1-4-16(3)13(17)9-15-10(2)11-5-7-12(14)8-6-11/h5-8,10,15H,4,9H2,1-3H3/t10-/m0/s1. The first kappa shape index (κ1) is 14.2. The molecule has 0 heterocycles. The van der Waals surface area contributed by atoms with Crippen molar-refractivity contribution in [2.24, 2.45) is 0 Å². The molecule has 1 amide bonds. The van der Waals surface area contributed by atoms with Crippen LogP contribution in [0.5, 0.6) is 0 Å². The predicted octanol–water partition coefficient (Wildman–Crippen LogP) is 2.58. The van der Waals surface area contributed by atoms with Gasteiger partial charge in [0.1, 0.15) is 0 Å². The van der Waals surface area contributed by atoms with Crippen molar-refractivity contribution >= 4 is 21.8 Å². The molecule has 0 fully saturated rings. The largest absolute Gasteiger partial charge is 0.345 e. The monoisotopic (exact) mass is 298 g/mol. The number of hydrogen-bond acceptors (Lipinski definition) is 2. The number of amides is 1. The minimum absolute atomic E-state index is 0.122. The number of nitrogens with one attached hydrogen (secondary N) is 1. The fourth-order valence-corrected chi connectivity index (χ4v) is 1.69. The van der Waals surface area contributed by atoms with Gasteiger partial charge in [0.15, 0.2) is 0 Å². The van der Waals surface area contributed by atoms with Crippen molar-refractivity contribution < 1.29 is 4.79 Å². The van der Waals surface area contributed by atoms with Gasteiger partial charge in [0.2, 0.25) is 5.91 Å². The molecule has 0 spiro atoms. The second-order valence-electron chi connectivity index (χ2n) is 4.06. The molecule has 0 aliphatic heterocycles. The molecule has 3 nitrogen and oxygen atoms in total. The first-order chi connectivity index (χ1) is 8.04. The van der Waals surface area contributed by atoms with Crippen LogP contribution in [0, 0.1) is 0 Å². The molecule has 0 radical (unpaired) electrons. The number of halogens is 1. The molecule has 1 aromatic carbocycles. The Bertz CT molecular complexity index is 364. The maximum Gasteiger partial charge on any atom is 0.236 e. The number of nitrogens with zero attached hydrogens (tertiary/aromatic N) is 1. The van der Waals surface area contributed by atoms with E-state index in [0.29, 0.717) is 6.54 Å². The summed E-state index contributed by atoms with van der Waals surface area (Å²) in [7, 11) is 1.81. The number of hydrogen-bond donors (Lipinski definition) is 1. The number of likely N-dealkylation sites (N-methyl/N-ethyl adjacent to an activating group) is 1. The Balaban J connectivity index is 2.47. The highest BCUT2D eigenvalue weighted by molar-refractivity contribution is 9.10. The summed E-state index contributed by atoms with van der Waals surface area (Å²) in [5.74, 6) is 0.122. The van der Waals surface area contributed by atoms with Crippen LogP contribution in [-0.2, 0) is 4.79 Å². The molecule has 0 bridgehead atoms. The van der Waals surface area contributed by atoms with Gasteiger partial charge in [0, 0.05) is 24.1 Å². The molecule has 0 saturated carbocycles. The van der Waals surface area contributed by atoms with Crippen LogP contribution in [0.4, 0.5) is 0 Å². The van der Waals surface area contributed by atoms with Crippen LogP contribution < -0.4 is 5.32 Å². The van der Waals surface area contributed by atoms with E-state index in [1.54, 1.807) is 4.90 Å². The maximum absolute atomic E-state index is 11.6. The van der Waals surface area contributed by atoms with Crippen molar-refractivity contribution in [3.8, 4) is 0 Å². The summed E-state index contributed by atoms with van der Waals surface area (Å²) in [6.45, 7) is 5.15. The predicted molar refractivity (Wildman–Crippen MR) is 73.9 cm³/mol. The molecule has 0 aliphatic rings. The summed E-state index contributed by atoms with van der Waals surface area (Å²) in [6, 6.07) is 8.30. The number of carbonyl (C=O) groups is 1. The van der Waals surface area contributed by atoms with Crippen molar-refractivity contribution in [2.75, 3.05) is 20.1 Å². The van der Waals surface area contributed by atoms with Gasteiger partial charge in [-0.05, 0) is 31.5 Å². The number of benzene rings is 1. The van der Waals surface area contributed by atoms with E-state index in [-0.39, 0.29) is 11.9 Å². The number of rotatable bonds is 5. The molecular weight excluding hydrogens is 280 g/mol. The number of carbonyl (C=O) groups excluding carboxylic acids is 1. The van der Waals surface area contributed by atoms with Crippen LogP contribution in [0.2, 0.25) is 0 Å². The summed E-state index contributed by atoms with van der Waals surface area (Å²) in [6.07, 6.45) is 0. The summed E-state index contributed by atoms with van der Waals surface area (Å²) in [5, 5.41) is 3.23. The zero-order chi connectivity index (χ0) is 12.8. The summed E-state index contributed by atoms with van der Waals surface area (Å²) in [4.78, 5) is 13.3. The van der Waals surface area contributed by atoms with E-state index in [0.717, 1.165) is 11.0 Å². The van der Waals surface area contributed by atoms with E-state index < -0.39 is 0 Å². The molecule has 17 heavy (non-hydrogen) atoms. The molecule has 94 valence electrons. The zero-order valence-electron chi connectivity index (χ0n) is 10.5. The van der Waals surface area contributed by atoms with E-state index in [1.165, 1.54) is 5.56 Å². The third-order valence-electron chi connectivity index (χ3n) is 2.83. The first-order valence-electron chi connectivity index (χ1n) is 5.77. The van der Waals surface area contributed by atoms with E-state index in [4.69, 9.17) is 0 Å². The summed E-state index contributed by atoms with van der Waals surface area (Å²) < 4.78 is 1.07. The molecule has 1 rings (SSSR count). The van der Waals surface area contributed by atoms with Crippen LogP contribution in [0.1, 0.15) is 25.5 Å². The molecule has 4 heteroatoms. The van der Waals surface area contributed by atoms with Gasteiger partial charge in [-0.25, -0.2) is 0 Å². The summed E-state index contributed by atoms with van der Waals surface area (Å²) >= 11 is 3.40. The minimum Gasteiger partial charge on any atom is -0.345 e. The highest BCUT2D eigenvalue weighted by Gasteiger charge is 2.09. The lowest BCUT2D eigenvalue weighted by atomic mass is 10.1. The minimum atomic E-state index is 0.122. The van der Waals surface area contributed by atoms with Crippen molar-refractivity contribution in [1.82, 2.24) is 10.2 Å². The highest BCUT2D eigenvalue weighted by Crippen LogP contribution is 2.16. The SMILES string of the molecule is CCN(C)C(=O)CN[C@@H](C)c1ccc(Br)cc1. The van der Waals surface area contributed by atoms with Crippen molar-refractivity contribution in [2.45, 2.75) is 19.9 Å². The van der Waals surface area contributed by atoms with E-state index in [1.807, 2.05) is 26.1 Å². The third kappa shape index (κ3) is 4.48. The lowest BCUT2D eigenvalue weighted by molar-refractivity contribution is -0.128. The van der Waals surface area contributed by atoms with E-state index in [9.17, 15) is 4.79 Å². The third-order valence-corrected chi connectivity index (χ3v) is 3.36. The van der Waals surface area contributed by atoms with E-state index in [2.05, 4.69) is 40.3 Å². The summed E-state index contributed by atoms with van der Waals surface area (Å²) in [5.41, 5.74) is 1.18. The topological polar surface area (TPSA) is 32.3 Å². The Morgan fingerprint density at radius 3 is 2.53 bits per heavy atom. The van der Waals surface area contributed by atoms with Crippen LogP contribution in [0.3, 0.4) is 0 Å². The van der Waals surface area contributed by atoms with E-state index >= 15 is 0 Å². The zero-order valence-corrected chi connectivity index (χ0v) is 12.1. The fourth-order valence-electron chi connectivity index (χ4n) is 1.42. The van der Waals surface area contributed by atoms with Gasteiger partial charge in [-0.3, -0.25) is 4.79 Å². The van der Waals surface area contributed by atoms with Crippen LogP contribution >= 0.6 is 15.9 Å². The normalized spacial score (nSPS) is 12.2. The molecule has 1 N–H and O–H groups in total. The average Bonchev–Trinajstić information content (AvgIpc) is 2.35. The Morgan fingerprint density at radius 2 is 2.00 bits per heavy atom. The average molecular weight is 299 g/mol. The quantitative estimate of drug-likeness (QED) is 0.906. The Hall–Kier alpha value is -0.870. The van der Waals surface area contributed by atoms with Gasteiger partial charge in [-0.15, -0.1) is 0 Å². The van der Waals surface area contributed by atoms with Gasteiger partial charge in [-0.1, -0.05) is 28.1 Å². The van der Waals surface area contributed by atoms with Gasteiger partial charge in [0.05, 0.1) is 6.54 Å². The van der Waals surface area contributed by atoms with Crippen molar-refractivity contribution in [3.05, 3.63) is 34.3 Å². The Labute approximate surface area is 111 Å². The fraction of sp³-hybridized carbons (Fsp3) is 0.462. The molecule has 0 saturated heterocycles. The van der Waals surface area contributed by atoms with Crippen LogP contribution in [0.25, 0.3) is 0 Å². The lowest BCUT2D eigenvalue weighted by Gasteiger charge is -2.18. The second kappa shape index (κ2) is 6.77. The van der Waals surface area contributed by atoms with Gasteiger partial charge >= 0.3 is 0 Å². The Morgan fingerprint density at radius 1 is 1.41 bits per heavy atom. The first-order valence-corrected chi connectivity index (χ1v) is 6.56. The Kier molecular flexibility index (Phi) is 5.65. The molecule has 1 atom stereocenters. The molecule has 1 aromatic rings. The highest BCUT2D eigenvalue weighted by atomic mass is 79.9. The van der Waals surface area contributed by atoms with Crippen molar-refractivity contribution in [3.63, 3.8) is 0 Å². The second-order valence-corrected chi connectivity index (χ2v) is 4.98. The van der Waals surface area contributed by atoms with Crippen LogP contribution in [0.15, 0.2) is 28.7 Å². The van der Waals surface area contributed by atoms with Crippen LogP contribution in [-0.4, -0.2) is 30.9 Å². The van der Waals surface area contributed by atoms with Gasteiger partial charge in [-0.2, -0.15) is 0 Å². The molecule has 0 aliphatic carbocycles. The molecular formula is C13H19BrN2O. The maximum atomic E-state index is 11.6. The lowest BCUT2D eigenvalue weighted by Crippen LogP contribution is -2.36. The van der Waals surface area contributed by atoms with Gasteiger partial charge in [0.25, 0.3) is 0 Å². The molecule has 0 aromatic heterocycles. The molecule has 0 unspecified atom stereocenters. The van der Waals surface area contributed by atoms with Gasteiger partial charge < -0.3 is 10.2 Å². The van der Waals surface area contributed by atoms with Crippen molar-refractivity contribution in [1.29, 1.82) is 0 Å².